The Labute approximate surface area is 211 Å². The number of rotatable bonds is 9. The van der Waals surface area contributed by atoms with E-state index in [4.69, 9.17) is 0 Å². The standard InChI is InChI=1S/C28H31N5OS/c34-27(30-25-13-17-31(18-14-25)20-23-9-3-1-4-10-23)22-35-21-24-19-29-33(26-11-5-2-6-12-26)28(24)32-15-7-8-16-32/h1-12,15-16,19,25H,13-14,17-18,20-22H2,(H,30,34). The van der Waals surface area contributed by atoms with E-state index in [0.717, 1.165) is 55.3 Å². The van der Waals surface area contributed by atoms with Crippen LogP contribution in [-0.4, -0.2) is 50.0 Å². The van der Waals surface area contributed by atoms with Crippen LogP contribution in [0, 0.1) is 0 Å². The van der Waals surface area contributed by atoms with E-state index < -0.39 is 0 Å². The topological polar surface area (TPSA) is 55.1 Å². The molecule has 0 unspecified atom stereocenters. The Bertz CT molecular complexity index is 1200. The quantitative estimate of drug-likeness (QED) is 0.374. The summed E-state index contributed by atoms with van der Waals surface area (Å²) in [6.45, 7) is 3.02. The first kappa shape index (κ1) is 23.5. The SMILES string of the molecule is O=C(CSCc1cnn(-c2ccccc2)c1-n1cccc1)NC1CCN(Cc2ccccc2)CC1. The summed E-state index contributed by atoms with van der Waals surface area (Å²) in [5, 5.41) is 7.90. The average Bonchev–Trinajstić information content (AvgIpc) is 3.56. The number of amides is 1. The zero-order valence-electron chi connectivity index (χ0n) is 19.8. The zero-order valence-corrected chi connectivity index (χ0v) is 20.6. The Hall–Kier alpha value is -3.29. The number of piperidine rings is 1. The molecule has 0 bridgehead atoms. The van der Waals surface area contributed by atoms with E-state index in [1.54, 1.807) is 11.8 Å². The molecule has 4 aromatic rings. The molecule has 3 heterocycles. The second kappa shape index (κ2) is 11.4. The molecule has 0 atom stereocenters. The molecule has 1 amide bonds. The minimum absolute atomic E-state index is 0.120. The average molecular weight is 486 g/mol. The Balaban J connectivity index is 1.12. The maximum atomic E-state index is 12.6. The van der Waals surface area contributed by atoms with Crippen molar-refractivity contribution in [2.45, 2.75) is 31.2 Å². The van der Waals surface area contributed by atoms with Crippen molar-refractivity contribution in [2.24, 2.45) is 0 Å². The first-order chi connectivity index (χ1) is 17.3. The molecule has 35 heavy (non-hydrogen) atoms. The van der Waals surface area contributed by atoms with Crippen LogP contribution in [0.1, 0.15) is 24.0 Å². The Morgan fingerprint density at radius 3 is 2.34 bits per heavy atom. The van der Waals surface area contributed by atoms with E-state index in [2.05, 4.69) is 62.3 Å². The summed E-state index contributed by atoms with van der Waals surface area (Å²) in [6, 6.07) is 25.0. The molecule has 2 aromatic heterocycles. The number of hydrogen-bond donors (Lipinski definition) is 1. The van der Waals surface area contributed by atoms with Gasteiger partial charge in [0, 0.05) is 49.4 Å². The minimum atomic E-state index is 0.120. The lowest BCUT2D eigenvalue weighted by Crippen LogP contribution is -2.44. The molecule has 5 rings (SSSR count). The largest absolute Gasteiger partial charge is 0.353 e. The van der Waals surface area contributed by atoms with Crippen molar-refractivity contribution in [3.63, 3.8) is 0 Å². The smallest absolute Gasteiger partial charge is 0.230 e. The van der Waals surface area contributed by atoms with Crippen LogP contribution in [-0.2, 0) is 17.1 Å². The number of likely N-dealkylation sites (tertiary alicyclic amines) is 1. The molecule has 0 aliphatic carbocycles. The lowest BCUT2D eigenvalue weighted by atomic mass is 10.0. The molecular formula is C28H31N5OS. The van der Waals surface area contributed by atoms with Gasteiger partial charge in [-0.15, -0.1) is 11.8 Å². The first-order valence-electron chi connectivity index (χ1n) is 12.2. The Morgan fingerprint density at radius 2 is 1.63 bits per heavy atom. The van der Waals surface area contributed by atoms with E-state index in [1.165, 1.54) is 5.56 Å². The number of hydrogen-bond acceptors (Lipinski definition) is 4. The number of carbonyl (C=O) groups excluding carboxylic acids is 1. The molecule has 1 saturated heterocycles. The number of benzene rings is 2. The van der Waals surface area contributed by atoms with E-state index in [0.29, 0.717) is 5.75 Å². The molecule has 0 radical (unpaired) electrons. The molecule has 2 aromatic carbocycles. The summed E-state index contributed by atoms with van der Waals surface area (Å²) < 4.78 is 4.04. The van der Waals surface area contributed by atoms with E-state index in [1.807, 2.05) is 53.6 Å². The predicted octanol–water partition coefficient (Wildman–Crippen LogP) is 4.68. The molecule has 1 aliphatic rings. The molecule has 1 N–H and O–H groups in total. The summed E-state index contributed by atoms with van der Waals surface area (Å²) in [5.41, 5.74) is 3.47. The van der Waals surface area contributed by atoms with Crippen LogP contribution in [0.15, 0.2) is 91.4 Å². The molecule has 7 heteroatoms. The van der Waals surface area contributed by atoms with Crippen molar-refractivity contribution in [3.05, 3.63) is 103 Å². The maximum Gasteiger partial charge on any atom is 0.230 e. The highest BCUT2D eigenvalue weighted by molar-refractivity contribution is 7.99. The summed E-state index contributed by atoms with van der Waals surface area (Å²) in [4.78, 5) is 15.1. The van der Waals surface area contributed by atoms with Crippen LogP contribution in [0.3, 0.4) is 0 Å². The fraction of sp³-hybridized carbons (Fsp3) is 0.286. The van der Waals surface area contributed by atoms with Crippen LogP contribution in [0.4, 0.5) is 0 Å². The molecule has 1 fully saturated rings. The predicted molar refractivity (Wildman–Crippen MR) is 142 cm³/mol. The highest BCUT2D eigenvalue weighted by atomic mass is 32.2. The molecular weight excluding hydrogens is 454 g/mol. The van der Waals surface area contributed by atoms with Gasteiger partial charge >= 0.3 is 0 Å². The number of para-hydroxylation sites is 1. The number of carbonyl (C=O) groups is 1. The van der Waals surface area contributed by atoms with Gasteiger partial charge in [-0.1, -0.05) is 48.5 Å². The lowest BCUT2D eigenvalue weighted by molar-refractivity contribution is -0.119. The van der Waals surface area contributed by atoms with Gasteiger partial charge in [0.05, 0.1) is 17.6 Å². The van der Waals surface area contributed by atoms with Gasteiger partial charge in [0.25, 0.3) is 0 Å². The molecule has 6 nitrogen and oxygen atoms in total. The number of aromatic nitrogens is 3. The third-order valence-corrected chi connectivity index (χ3v) is 7.34. The molecule has 180 valence electrons. The van der Waals surface area contributed by atoms with Crippen LogP contribution in [0.2, 0.25) is 0 Å². The van der Waals surface area contributed by atoms with Gasteiger partial charge in [0.2, 0.25) is 5.91 Å². The fourth-order valence-electron chi connectivity index (χ4n) is 4.59. The number of nitrogens with one attached hydrogen (secondary N) is 1. The van der Waals surface area contributed by atoms with Gasteiger partial charge in [-0.25, -0.2) is 4.68 Å². The van der Waals surface area contributed by atoms with Crippen LogP contribution in [0.5, 0.6) is 0 Å². The number of thioether (sulfide) groups is 1. The van der Waals surface area contributed by atoms with Gasteiger partial charge in [-0.05, 0) is 42.7 Å². The molecule has 1 aliphatic heterocycles. The van der Waals surface area contributed by atoms with Gasteiger partial charge in [-0.2, -0.15) is 5.10 Å². The normalized spacial score (nSPS) is 14.7. The van der Waals surface area contributed by atoms with Gasteiger partial charge in [-0.3, -0.25) is 9.69 Å². The van der Waals surface area contributed by atoms with Crippen molar-refractivity contribution in [1.29, 1.82) is 0 Å². The Kier molecular flexibility index (Phi) is 7.66. The first-order valence-corrected chi connectivity index (χ1v) is 13.3. The monoisotopic (exact) mass is 485 g/mol. The van der Waals surface area contributed by atoms with Gasteiger partial charge < -0.3 is 9.88 Å². The summed E-state index contributed by atoms with van der Waals surface area (Å²) in [7, 11) is 0. The van der Waals surface area contributed by atoms with Crippen LogP contribution >= 0.6 is 11.8 Å². The Morgan fingerprint density at radius 1 is 0.943 bits per heavy atom. The van der Waals surface area contributed by atoms with Crippen molar-refractivity contribution < 1.29 is 4.79 Å². The number of nitrogens with zero attached hydrogens (tertiary/aromatic N) is 4. The van der Waals surface area contributed by atoms with E-state index in [9.17, 15) is 4.79 Å². The van der Waals surface area contributed by atoms with Crippen molar-refractivity contribution in [3.8, 4) is 11.5 Å². The van der Waals surface area contributed by atoms with E-state index in [-0.39, 0.29) is 11.9 Å². The van der Waals surface area contributed by atoms with Crippen LogP contribution in [0.25, 0.3) is 11.5 Å². The third kappa shape index (κ3) is 6.05. The van der Waals surface area contributed by atoms with Gasteiger partial charge in [0.1, 0.15) is 5.82 Å². The second-order valence-corrected chi connectivity index (χ2v) is 9.91. The summed E-state index contributed by atoms with van der Waals surface area (Å²) >= 11 is 1.64. The third-order valence-electron chi connectivity index (χ3n) is 6.36. The zero-order chi connectivity index (χ0) is 23.9. The second-order valence-electron chi connectivity index (χ2n) is 8.93. The summed E-state index contributed by atoms with van der Waals surface area (Å²) in [6.07, 6.45) is 7.98. The summed E-state index contributed by atoms with van der Waals surface area (Å²) in [5.74, 6) is 2.31. The van der Waals surface area contributed by atoms with Crippen LogP contribution < -0.4 is 5.32 Å². The van der Waals surface area contributed by atoms with Gasteiger partial charge in [0.15, 0.2) is 0 Å². The highest BCUT2D eigenvalue weighted by Gasteiger charge is 2.21. The van der Waals surface area contributed by atoms with Crippen molar-refractivity contribution in [2.75, 3.05) is 18.8 Å². The lowest BCUT2D eigenvalue weighted by Gasteiger charge is -2.32. The minimum Gasteiger partial charge on any atom is -0.353 e. The molecule has 0 saturated carbocycles. The highest BCUT2D eigenvalue weighted by Crippen LogP contribution is 2.24. The van der Waals surface area contributed by atoms with E-state index >= 15 is 0 Å². The van der Waals surface area contributed by atoms with Crippen molar-refractivity contribution in [1.82, 2.24) is 24.6 Å². The fourth-order valence-corrected chi connectivity index (χ4v) is 5.38. The van der Waals surface area contributed by atoms with Crippen molar-refractivity contribution >= 4 is 17.7 Å². The maximum absolute atomic E-state index is 12.6. The molecule has 0 spiro atoms.